The van der Waals surface area contributed by atoms with E-state index in [0.717, 1.165) is 23.6 Å². The van der Waals surface area contributed by atoms with Gasteiger partial charge in [0.25, 0.3) is 0 Å². The van der Waals surface area contributed by atoms with Gasteiger partial charge in [0.1, 0.15) is 5.75 Å². The molecule has 0 aromatic heterocycles. The van der Waals surface area contributed by atoms with E-state index >= 15 is 0 Å². The number of nitrogens with zero attached hydrogens (tertiary/aromatic N) is 3. The van der Waals surface area contributed by atoms with E-state index in [4.69, 9.17) is 9.47 Å². The Morgan fingerprint density at radius 2 is 1.75 bits per heavy atom. The average Bonchev–Trinajstić information content (AvgIpc) is 3.31. The summed E-state index contributed by atoms with van der Waals surface area (Å²) in [6.45, 7) is 4.92. The predicted octanol–water partition coefficient (Wildman–Crippen LogP) is 5.59. The molecule has 0 bridgehead atoms. The molecule has 1 unspecified atom stereocenters. The van der Waals surface area contributed by atoms with Crippen LogP contribution in [0.5, 0.6) is 5.75 Å². The largest absolute Gasteiger partial charge is 0.494 e. The smallest absolute Gasteiger partial charge is 0.416 e. The quantitative estimate of drug-likeness (QED) is 0.506. The fraction of sp³-hybridized carbons (Fsp3) is 0.400. The molecule has 0 saturated heterocycles. The van der Waals surface area contributed by atoms with E-state index in [9.17, 15) is 22.8 Å². The Bertz CT molecular complexity index is 1070. The lowest BCUT2D eigenvalue weighted by atomic mass is 10.0. The van der Waals surface area contributed by atoms with Crippen LogP contribution in [0.2, 0.25) is 0 Å². The van der Waals surface area contributed by atoms with E-state index in [1.165, 1.54) is 24.1 Å². The minimum Gasteiger partial charge on any atom is -0.494 e. The van der Waals surface area contributed by atoms with Crippen molar-refractivity contribution in [1.29, 1.82) is 0 Å². The van der Waals surface area contributed by atoms with Crippen LogP contribution in [0, 0.1) is 0 Å². The summed E-state index contributed by atoms with van der Waals surface area (Å²) >= 11 is 0. The van der Waals surface area contributed by atoms with E-state index in [1.807, 2.05) is 13.8 Å². The van der Waals surface area contributed by atoms with Gasteiger partial charge in [-0.15, -0.1) is 0 Å². The first kappa shape index (κ1) is 26.8. The summed E-state index contributed by atoms with van der Waals surface area (Å²) in [5.74, 6) is 0.686. The number of alkyl halides is 3. The number of anilines is 1. The summed E-state index contributed by atoms with van der Waals surface area (Å²) < 4.78 is 49.1. The number of benzene rings is 2. The lowest BCUT2D eigenvalue weighted by molar-refractivity contribution is -0.137. The van der Waals surface area contributed by atoms with Gasteiger partial charge in [0, 0.05) is 17.8 Å². The van der Waals surface area contributed by atoms with Crippen LogP contribution in [0.15, 0.2) is 53.6 Å². The Balaban J connectivity index is 1.86. The molecule has 194 valence electrons. The fourth-order valence-corrected chi connectivity index (χ4v) is 3.72. The summed E-state index contributed by atoms with van der Waals surface area (Å²) in [6.07, 6.45) is -3.51. The molecule has 11 heteroatoms. The minimum atomic E-state index is -4.47. The average molecular weight is 507 g/mol. The molecule has 2 aromatic carbocycles. The maximum atomic E-state index is 12.9. The number of carbonyl (C=O) groups is 2. The normalized spacial score (nSPS) is 15.3. The molecule has 0 spiro atoms. The third kappa shape index (κ3) is 6.46. The van der Waals surface area contributed by atoms with Crippen LogP contribution >= 0.6 is 0 Å². The molecule has 0 radical (unpaired) electrons. The van der Waals surface area contributed by atoms with Gasteiger partial charge in [0.15, 0.2) is 0 Å². The molecule has 0 saturated carbocycles. The molecule has 1 aliphatic heterocycles. The van der Waals surface area contributed by atoms with Crippen molar-refractivity contribution in [3.63, 3.8) is 0 Å². The Hall–Kier alpha value is -3.76. The Morgan fingerprint density at radius 1 is 1.08 bits per heavy atom. The van der Waals surface area contributed by atoms with Gasteiger partial charge in [0.05, 0.1) is 37.6 Å². The summed E-state index contributed by atoms with van der Waals surface area (Å²) in [5.41, 5.74) is 0.544. The number of nitrogens with one attached hydrogen (secondary N) is 1. The highest BCUT2D eigenvalue weighted by Crippen LogP contribution is 2.30. The summed E-state index contributed by atoms with van der Waals surface area (Å²) in [7, 11) is 1.28. The van der Waals surface area contributed by atoms with Crippen LogP contribution in [0.4, 0.5) is 28.4 Å². The zero-order valence-electron chi connectivity index (χ0n) is 20.3. The second kappa shape index (κ2) is 11.8. The number of halogens is 3. The minimum absolute atomic E-state index is 0.0466. The van der Waals surface area contributed by atoms with Crippen molar-refractivity contribution in [2.75, 3.05) is 32.1 Å². The first-order valence-electron chi connectivity index (χ1n) is 11.6. The Morgan fingerprint density at radius 3 is 2.31 bits per heavy atom. The molecule has 36 heavy (non-hydrogen) atoms. The van der Waals surface area contributed by atoms with Crippen LogP contribution in [-0.2, 0) is 10.9 Å². The second-order valence-electron chi connectivity index (χ2n) is 8.12. The maximum Gasteiger partial charge on any atom is 0.416 e. The number of ether oxygens (including phenoxy) is 2. The van der Waals surface area contributed by atoms with Crippen molar-refractivity contribution < 1.29 is 32.2 Å². The van der Waals surface area contributed by atoms with Crippen molar-refractivity contribution in [2.24, 2.45) is 5.10 Å². The number of hydrazone groups is 1. The summed E-state index contributed by atoms with van der Waals surface area (Å²) in [4.78, 5) is 27.0. The third-order valence-corrected chi connectivity index (χ3v) is 5.46. The van der Waals surface area contributed by atoms with Crippen molar-refractivity contribution in [1.82, 2.24) is 9.91 Å². The van der Waals surface area contributed by atoms with E-state index in [0.29, 0.717) is 36.6 Å². The molecule has 1 aliphatic rings. The zero-order valence-corrected chi connectivity index (χ0v) is 20.3. The van der Waals surface area contributed by atoms with Gasteiger partial charge in [-0.25, -0.2) is 14.6 Å². The van der Waals surface area contributed by atoms with Crippen molar-refractivity contribution >= 4 is 23.5 Å². The van der Waals surface area contributed by atoms with Crippen LogP contribution in [-0.4, -0.2) is 60.6 Å². The van der Waals surface area contributed by atoms with Crippen LogP contribution in [0.25, 0.3) is 0 Å². The first-order chi connectivity index (χ1) is 17.2. The molecule has 8 nitrogen and oxygen atoms in total. The molecular weight excluding hydrogens is 477 g/mol. The fourth-order valence-electron chi connectivity index (χ4n) is 3.72. The molecule has 1 heterocycles. The molecule has 1 N–H and O–H groups in total. The number of methoxy groups -OCH3 is 1. The first-order valence-corrected chi connectivity index (χ1v) is 11.6. The molecule has 2 aromatic rings. The van der Waals surface area contributed by atoms with Gasteiger partial charge in [-0.05, 0) is 61.4 Å². The number of hydrogen-bond donors (Lipinski definition) is 1. The summed E-state index contributed by atoms with van der Waals surface area (Å²) in [5, 5.41) is 8.19. The number of hydrogen-bond acceptors (Lipinski definition) is 5. The van der Waals surface area contributed by atoms with Crippen LogP contribution in [0.3, 0.4) is 0 Å². The molecule has 0 aliphatic carbocycles. The SMILES string of the molecule is CCCOc1ccc(C2=NN(C(=O)Nc3ccc(C(F)(F)F)cc3)CC2N(CCC)C(=O)OC)cc1. The second-order valence-corrected chi connectivity index (χ2v) is 8.12. The Labute approximate surface area is 207 Å². The molecule has 3 rings (SSSR count). The van der Waals surface area contributed by atoms with E-state index in [1.54, 1.807) is 24.3 Å². The molecule has 0 fully saturated rings. The van der Waals surface area contributed by atoms with Crippen molar-refractivity contribution in [3.8, 4) is 5.75 Å². The van der Waals surface area contributed by atoms with Gasteiger partial charge < -0.3 is 14.8 Å². The lowest BCUT2D eigenvalue weighted by Gasteiger charge is -2.28. The van der Waals surface area contributed by atoms with Crippen molar-refractivity contribution in [2.45, 2.75) is 38.9 Å². The van der Waals surface area contributed by atoms with Gasteiger partial charge in [-0.3, -0.25) is 4.90 Å². The zero-order chi connectivity index (χ0) is 26.3. The number of rotatable bonds is 8. The maximum absolute atomic E-state index is 12.9. The monoisotopic (exact) mass is 506 g/mol. The number of amides is 3. The van der Waals surface area contributed by atoms with Crippen LogP contribution in [0.1, 0.15) is 37.8 Å². The molecule has 3 amide bonds. The Kier molecular flexibility index (Phi) is 8.78. The molecule has 1 atom stereocenters. The number of carbonyl (C=O) groups excluding carboxylic acids is 2. The highest BCUT2D eigenvalue weighted by atomic mass is 19.4. The lowest BCUT2D eigenvalue weighted by Crippen LogP contribution is -2.48. The van der Waals surface area contributed by atoms with Crippen molar-refractivity contribution in [3.05, 3.63) is 59.7 Å². The topological polar surface area (TPSA) is 83.5 Å². The summed E-state index contributed by atoms with van der Waals surface area (Å²) in [6, 6.07) is 10.1. The van der Waals surface area contributed by atoms with E-state index in [-0.39, 0.29) is 12.2 Å². The van der Waals surface area contributed by atoms with Gasteiger partial charge in [-0.1, -0.05) is 13.8 Å². The highest BCUT2D eigenvalue weighted by Gasteiger charge is 2.38. The molecular formula is C25H29F3N4O4. The van der Waals surface area contributed by atoms with Gasteiger partial charge in [0.2, 0.25) is 0 Å². The standard InChI is InChI=1S/C25H29F3N4O4/c1-4-14-31(24(34)35-3)21-16-32(23(33)29-19-10-8-18(9-11-19)25(26,27)28)30-22(21)17-6-12-20(13-7-17)36-15-5-2/h6-13,21H,4-5,14-16H2,1-3H3,(H,29,33). The third-order valence-electron chi connectivity index (χ3n) is 5.46. The van der Waals surface area contributed by atoms with E-state index < -0.39 is 29.9 Å². The highest BCUT2D eigenvalue weighted by molar-refractivity contribution is 6.08. The number of urea groups is 1. The predicted molar refractivity (Wildman–Crippen MR) is 129 cm³/mol. The van der Waals surface area contributed by atoms with E-state index in [2.05, 4.69) is 10.4 Å². The van der Waals surface area contributed by atoms with Gasteiger partial charge in [-0.2, -0.15) is 18.3 Å². The van der Waals surface area contributed by atoms with Gasteiger partial charge >= 0.3 is 18.3 Å². The van der Waals surface area contributed by atoms with Crippen LogP contribution < -0.4 is 10.1 Å².